The minimum atomic E-state index is -4.54. The third kappa shape index (κ3) is 5.48. The summed E-state index contributed by atoms with van der Waals surface area (Å²) in [4.78, 5) is 18.9. The predicted octanol–water partition coefficient (Wildman–Crippen LogP) is 3.12. The lowest BCUT2D eigenvalue weighted by Gasteiger charge is -2.24. The smallest absolute Gasteiger partial charge is 0.433 e. The molecule has 25 heavy (non-hydrogen) atoms. The standard InChI is InChI=1S/C16H22F3N3O3/c1-15(2,3)25-14(23)22-6-5-21(10-22)9-11-7-12(16(17,18)19)20-13(8-11)24-4/h7-8H,5-6,9-10H2,1-4H3. The van der Waals surface area contributed by atoms with Gasteiger partial charge in [-0.2, -0.15) is 13.2 Å². The molecular formula is C16H22F3N3O3. The minimum Gasteiger partial charge on any atom is -0.481 e. The van der Waals surface area contributed by atoms with E-state index in [2.05, 4.69) is 4.98 Å². The summed E-state index contributed by atoms with van der Waals surface area (Å²) < 4.78 is 48.9. The summed E-state index contributed by atoms with van der Waals surface area (Å²) in [5.41, 5.74) is -1.17. The van der Waals surface area contributed by atoms with Crippen LogP contribution in [0.3, 0.4) is 0 Å². The van der Waals surface area contributed by atoms with Gasteiger partial charge in [-0.3, -0.25) is 9.80 Å². The maximum Gasteiger partial charge on any atom is 0.433 e. The maximum absolute atomic E-state index is 12.9. The van der Waals surface area contributed by atoms with Crippen LogP contribution >= 0.6 is 0 Å². The van der Waals surface area contributed by atoms with Crippen LogP contribution in [0.1, 0.15) is 32.0 Å². The molecule has 1 amide bonds. The monoisotopic (exact) mass is 361 g/mol. The molecule has 1 aliphatic heterocycles. The highest BCUT2D eigenvalue weighted by Crippen LogP contribution is 2.30. The van der Waals surface area contributed by atoms with Crippen molar-refractivity contribution in [2.24, 2.45) is 0 Å². The van der Waals surface area contributed by atoms with Crippen LogP contribution in [-0.2, 0) is 17.5 Å². The van der Waals surface area contributed by atoms with Crippen LogP contribution in [0.15, 0.2) is 12.1 Å². The molecule has 1 aliphatic rings. The number of carbonyl (C=O) groups excluding carboxylic acids is 1. The summed E-state index contributed by atoms with van der Waals surface area (Å²) in [6.07, 6.45) is -4.98. The number of hydrogen-bond donors (Lipinski definition) is 0. The second-order valence-electron chi connectivity index (χ2n) is 6.84. The number of nitrogens with zero attached hydrogens (tertiary/aromatic N) is 3. The Kier molecular flexibility index (Phi) is 5.46. The fraction of sp³-hybridized carbons (Fsp3) is 0.625. The van der Waals surface area contributed by atoms with Crippen molar-refractivity contribution in [2.45, 2.75) is 39.1 Å². The molecule has 9 heteroatoms. The average Bonchev–Trinajstić information content (AvgIpc) is 2.93. The Hall–Kier alpha value is -2.03. The van der Waals surface area contributed by atoms with Crippen molar-refractivity contribution in [2.75, 3.05) is 26.9 Å². The van der Waals surface area contributed by atoms with Gasteiger partial charge in [-0.25, -0.2) is 9.78 Å². The van der Waals surface area contributed by atoms with Crippen LogP contribution in [-0.4, -0.2) is 53.3 Å². The highest BCUT2D eigenvalue weighted by atomic mass is 19.4. The molecule has 1 aromatic heterocycles. The number of ether oxygens (including phenoxy) is 2. The van der Waals surface area contributed by atoms with Gasteiger partial charge in [0.2, 0.25) is 5.88 Å². The molecule has 2 rings (SSSR count). The van der Waals surface area contributed by atoms with E-state index < -0.39 is 23.6 Å². The van der Waals surface area contributed by atoms with Crippen LogP contribution in [0.4, 0.5) is 18.0 Å². The second-order valence-corrected chi connectivity index (χ2v) is 6.84. The molecule has 0 aromatic carbocycles. The zero-order chi connectivity index (χ0) is 18.8. The first-order chi connectivity index (χ1) is 11.5. The van der Waals surface area contributed by atoms with Gasteiger partial charge in [0.25, 0.3) is 0 Å². The summed E-state index contributed by atoms with van der Waals surface area (Å²) in [7, 11) is 1.27. The first-order valence-corrected chi connectivity index (χ1v) is 7.80. The van der Waals surface area contributed by atoms with Crippen molar-refractivity contribution in [3.8, 4) is 5.88 Å². The zero-order valence-electron chi connectivity index (χ0n) is 14.7. The molecule has 0 unspecified atom stereocenters. The molecule has 0 spiro atoms. The molecule has 0 atom stereocenters. The number of methoxy groups -OCH3 is 1. The lowest BCUT2D eigenvalue weighted by molar-refractivity contribution is -0.141. The van der Waals surface area contributed by atoms with Gasteiger partial charge in [-0.05, 0) is 32.4 Å². The molecule has 0 N–H and O–H groups in total. The lowest BCUT2D eigenvalue weighted by atomic mass is 10.2. The van der Waals surface area contributed by atoms with Crippen LogP contribution in [0.2, 0.25) is 0 Å². The number of aromatic nitrogens is 1. The maximum atomic E-state index is 12.9. The van der Waals surface area contributed by atoms with E-state index in [1.807, 2.05) is 4.90 Å². The fourth-order valence-corrected chi connectivity index (χ4v) is 2.41. The molecule has 1 aromatic rings. The van der Waals surface area contributed by atoms with Gasteiger partial charge in [-0.1, -0.05) is 0 Å². The van der Waals surface area contributed by atoms with Crippen LogP contribution < -0.4 is 4.74 Å². The first-order valence-electron chi connectivity index (χ1n) is 7.80. The number of alkyl halides is 3. The van der Waals surface area contributed by atoms with Gasteiger partial charge in [0.05, 0.1) is 13.8 Å². The van der Waals surface area contributed by atoms with Crippen molar-refractivity contribution in [1.82, 2.24) is 14.8 Å². The highest BCUT2D eigenvalue weighted by Gasteiger charge is 2.34. The molecule has 0 bridgehead atoms. The van der Waals surface area contributed by atoms with E-state index in [-0.39, 0.29) is 12.4 Å². The molecule has 6 nitrogen and oxygen atoms in total. The molecule has 2 heterocycles. The Morgan fingerprint density at radius 2 is 1.92 bits per heavy atom. The van der Waals surface area contributed by atoms with Gasteiger partial charge in [0.15, 0.2) is 0 Å². The second kappa shape index (κ2) is 7.07. The Morgan fingerprint density at radius 1 is 1.24 bits per heavy atom. The van der Waals surface area contributed by atoms with Gasteiger partial charge >= 0.3 is 12.3 Å². The van der Waals surface area contributed by atoms with E-state index in [4.69, 9.17) is 9.47 Å². The van der Waals surface area contributed by atoms with Crippen molar-refractivity contribution < 1.29 is 27.4 Å². The Labute approximate surface area is 144 Å². The number of hydrogen-bond acceptors (Lipinski definition) is 5. The topological polar surface area (TPSA) is 54.9 Å². The number of pyridine rings is 1. The minimum absolute atomic E-state index is 0.0898. The first kappa shape index (κ1) is 19.3. The van der Waals surface area contributed by atoms with Crippen molar-refractivity contribution >= 4 is 6.09 Å². The van der Waals surface area contributed by atoms with E-state index in [1.54, 1.807) is 20.8 Å². The number of rotatable bonds is 3. The van der Waals surface area contributed by atoms with E-state index in [9.17, 15) is 18.0 Å². The zero-order valence-corrected chi connectivity index (χ0v) is 14.7. The quantitative estimate of drug-likeness (QED) is 0.828. The van der Waals surface area contributed by atoms with Crippen LogP contribution in [0, 0.1) is 0 Å². The van der Waals surface area contributed by atoms with E-state index in [1.165, 1.54) is 18.1 Å². The summed E-state index contributed by atoms with van der Waals surface area (Å²) in [5, 5.41) is 0. The van der Waals surface area contributed by atoms with Crippen LogP contribution in [0.5, 0.6) is 5.88 Å². The summed E-state index contributed by atoms with van der Waals surface area (Å²) in [6.45, 7) is 6.89. The normalized spacial score (nSPS) is 16.2. The molecule has 0 aliphatic carbocycles. The molecule has 0 radical (unpaired) electrons. The third-order valence-electron chi connectivity index (χ3n) is 3.48. The van der Waals surface area contributed by atoms with Crippen LogP contribution in [0.25, 0.3) is 0 Å². The fourth-order valence-electron chi connectivity index (χ4n) is 2.41. The van der Waals surface area contributed by atoms with Crippen molar-refractivity contribution in [3.05, 3.63) is 23.4 Å². The summed E-state index contributed by atoms with van der Waals surface area (Å²) >= 11 is 0. The Morgan fingerprint density at radius 3 is 2.48 bits per heavy atom. The molecule has 0 saturated carbocycles. The molecule has 140 valence electrons. The van der Waals surface area contributed by atoms with Crippen molar-refractivity contribution in [3.63, 3.8) is 0 Å². The summed E-state index contributed by atoms with van der Waals surface area (Å²) in [6, 6.07) is 2.46. The van der Waals surface area contributed by atoms with Gasteiger partial charge in [0, 0.05) is 25.7 Å². The summed E-state index contributed by atoms with van der Waals surface area (Å²) in [5.74, 6) is -0.0898. The van der Waals surface area contributed by atoms with Gasteiger partial charge in [0.1, 0.15) is 11.3 Å². The lowest BCUT2D eigenvalue weighted by Crippen LogP contribution is -2.36. The van der Waals surface area contributed by atoms with Crippen molar-refractivity contribution in [1.29, 1.82) is 0 Å². The third-order valence-corrected chi connectivity index (χ3v) is 3.48. The highest BCUT2D eigenvalue weighted by molar-refractivity contribution is 5.68. The molecule has 1 fully saturated rings. The number of amides is 1. The van der Waals surface area contributed by atoms with Gasteiger partial charge in [-0.15, -0.1) is 0 Å². The molecular weight excluding hydrogens is 339 g/mol. The van der Waals surface area contributed by atoms with Gasteiger partial charge < -0.3 is 9.47 Å². The van der Waals surface area contributed by atoms with E-state index in [0.29, 0.717) is 25.3 Å². The Bertz CT molecular complexity index is 629. The van der Waals surface area contributed by atoms with E-state index in [0.717, 1.165) is 6.07 Å². The number of halogens is 3. The van der Waals surface area contributed by atoms with E-state index >= 15 is 0 Å². The number of carbonyl (C=O) groups is 1. The largest absolute Gasteiger partial charge is 0.481 e. The average molecular weight is 361 g/mol. The Balaban J connectivity index is 2.05. The molecule has 1 saturated heterocycles. The predicted molar refractivity (Wildman–Crippen MR) is 84.0 cm³/mol. The SMILES string of the molecule is COc1cc(CN2CCN(C(=O)OC(C)(C)C)C2)cc(C(F)(F)F)n1.